The van der Waals surface area contributed by atoms with E-state index in [1.165, 1.54) is 24.1 Å². The van der Waals surface area contributed by atoms with Gasteiger partial charge in [-0.05, 0) is 36.9 Å². The minimum absolute atomic E-state index is 0.345. The largest absolute Gasteiger partial charge is 0.315 e. The maximum atomic E-state index is 5.37. The van der Waals surface area contributed by atoms with Gasteiger partial charge in [0.25, 0.3) is 0 Å². The molecule has 0 aromatic rings. The van der Waals surface area contributed by atoms with Crippen LogP contribution in [0.3, 0.4) is 0 Å². The van der Waals surface area contributed by atoms with E-state index >= 15 is 0 Å². The van der Waals surface area contributed by atoms with Crippen molar-refractivity contribution >= 4 is 24.1 Å². The number of rotatable bonds is 7. The topological polar surface area (TPSA) is 18.5 Å². The van der Waals surface area contributed by atoms with Crippen LogP contribution in [0.15, 0.2) is 0 Å². The van der Waals surface area contributed by atoms with Crippen molar-refractivity contribution in [1.82, 2.24) is 0 Å². The zero-order chi connectivity index (χ0) is 8.53. The van der Waals surface area contributed by atoms with Crippen LogP contribution in [-0.2, 0) is 8.37 Å². The second-order valence-corrected chi connectivity index (χ2v) is 3.17. The zero-order valence-electron chi connectivity index (χ0n) is 7.33. The van der Waals surface area contributed by atoms with Crippen molar-refractivity contribution in [3.05, 3.63) is 0 Å². The Labute approximate surface area is 77.8 Å². The molecule has 0 spiro atoms. The first-order valence-corrected chi connectivity index (χ1v) is 6.00. The summed E-state index contributed by atoms with van der Waals surface area (Å²) in [5.41, 5.74) is 0. The third-order valence-corrected chi connectivity index (χ3v) is 2.20. The van der Waals surface area contributed by atoms with Crippen molar-refractivity contribution in [2.75, 3.05) is 19.1 Å². The fourth-order valence-corrected chi connectivity index (χ4v) is 1.49. The van der Waals surface area contributed by atoms with Crippen molar-refractivity contribution in [2.24, 2.45) is 0 Å². The minimum atomic E-state index is 0.345. The molecule has 0 fully saturated rings. The second-order valence-electron chi connectivity index (χ2n) is 2.07. The maximum absolute atomic E-state index is 5.37. The highest BCUT2D eigenvalue weighted by Crippen LogP contribution is 2.11. The van der Waals surface area contributed by atoms with Crippen LogP contribution in [-0.4, -0.2) is 25.2 Å². The third-order valence-electron chi connectivity index (χ3n) is 1.33. The fraction of sp³-hybridized carbons (Fsp3) is 1.00. The molecule has 1 atom stereocenters. The Kier molecular flexibility index (Phi) is 9.21. The van der Waals surface area contributed by atoms with Crippen molar-refractivity contribution < 1.29 is 8.37 Å². The van der Waals surface area contributed by atoms with Crippen molar-refractivity contribution in [2.45, 2.75) is 25.9 Å². The van der Waals surface area contributed by atoms with Gasteiger partial charge >= 0.3 is 0 Å². The van der Waals surface area contributed by atoms with Crippen LogP contribution >= 0.6 is 24.1 Å². The molecule has 4 heteroatoms. The van der Waals surface area contributed by atoms with E-state index in [0.717, 1.165) is 19.4 Å². The molecule has 68 valence electrons. The molecule has 0 aliphatic rings. The first kappa shape index (κ1) is 11.6. The van der Waals surface area contributed by atoms with Crippen LogP contribution in [0.25, 0.3) is 0 Å². The molecule has 0 saturated heterocycles. The summed E-state index contributed by atoms with van der Waals surface area (Å²) in [6, 6.07) is 0. The Bertz CT molecular complexity index is 80.8. The highest BCUT2D eigenvalue weighted by molar-refractivity contribution is 7.94. The molecule has 0 aromatic carbocycles. The Morgan fingerprint density at radius 1 is 1.27 bits per heavy atom. The van der Waals surface area contributed by atoms with Crippen LogP contribution < -0.4 is 0 Å². The molecule has 0 aliphatic heterocycles. The van der Waals surface area contributed by atoms with Gasteiger partial charge in [-0.2, -0.15) is 0 Å². The van der Waals surface area contributed by atoms with E-state index in [0.29, 0.717) is 6.10 Å². The Morgan fingerprint density at radius 2 is 2.00 bits per heavy atom. The van der Waals surface area contributed by atoms with Crippen LogP contribution in [0.2, 0.25) is 0 Å². The first-order valence-electron chi connectivity index (χ1n) is 3.70. The molecule has 0 aliphatic carbocycles. The van der Waals surface area contributed by atoms with Gasteiger partial charge in [0.1, 0.15) is 0 Å². The number of hydrogen-bond acceptors (Lipinski definition) is 4. The van der Waals surface area contributed by atoms with Crippen molar-refractivity contribution in [3.63, 3.8) is 0 Å². The second kappa shape index (κ2) is 8.71. The monoisotopic (exact) mass is 196 g/mol. The van der Waals surface area contributed by atoms with E-state index in [1.807, 2.05) is 12.5 Å². The third kappa shape index (κ3) is 7.00. The summed E-state index contributed by atoms with van der Waals surface area (Å²) in [5, 5.41) is 0. The molecular weight excluding hydrogens is 180 g/mol. The molecule has 0 amide bonds. The predicted octanol–water partition coefficient (Wildman–Crippen LogP) is 2.74. The summed E-state index contributed by atoms with van der Waals surface area (Å²) < 4.78 is 10.5. The normalized spacial score (nSPS) is 13.4. The lowest BCUT2D eigenvalue weighted by Crippen LogP contribution is -2.09. The summed E-state index contributed by atoms with van der Waals surface area (Å²) in [6.07, 6.45) is 6.25. The van der Waals surface area contributed by atoms with Gasteiger partial charge in [0, 0.05) is 12.5 Å². The standard InChI is InChI=1S/C7H16O2S2/c1-4-7(9-11-3)5-6-8-10-2/h7H,4-6H2,1-3H3. The number of hydrogen-bond donors (Lipinski definition) is 0. The summed E-state index contributed by atoms with van der Waals surface area (Å²) in [6.45, 7) is 2.90. The molecule has 0 saturated carbocycles. The van der Waals surface area contributed by atoms with Gasteiger partial charge < -0.3 is 8.37 Å². The molecule has 1 unspecified atom stereocenters. The van der Waals surface area contributed by atoms with E-state index in [2.05, 4.69) is 6.92 Å². The molecule has 0 N–H and O–H groups in total. The van der Waals surface area contributed by atoms with Gasteiger partial charge in [0.15, 0.2) is 0 Å². The van der Waals surface area contributed by atoms with Crippen molar-refractivity contribution in [1.29, 1.82) is 0 Å². The highest BCUT2D eigenvalue weighted by atomic mass is 32.2. The lowest BCUT2D eigenvalue weighted by molar-refractivity contribution is 0.194. The molecule has 0 bridgehead atoms. The lowest BCUT2D eigenvalue weighted by atomic mass is 10.2. The predicted molar refractivity (Wildman–Crippen MR) is 52.8 cm³/mol. The zero-order valence-corrected chi connectivity index (χ0v) is 8.96. The molecule has 11 heavy (non-hydrogen) atoms. The smallest absolute Gasteiger partial charge is 0.0742 e. The summed E-state index contributed by atoms with van der Waals surface area (Å²) in [4.78, 5) is 0. The Hall–Kier alpha value is 0.620. The molecule has 0 aromatic heterocycles. The van der Waals surface area contributed by atoms with Gasteiger partial charge in [0.05, 0.1) is 12.7 Å². The molecule has 0 rings (SSSR count). The molecular formula is C7H16O2S2. The van der Waals surface area contributed by atoms with E-state index in [9.17, 15) is 0 Å². The van der Waals surface area contributed by atoms with Gasteiger partial charge in [-0.25, -0.2) is 0 Å². The Morgan fingerprint density at radius 3 is 2.45 bits per heavy atom. The van der Waals surface area contributed by atoms with Gasteiger partial charge in [-0.15, -0.1) is 0 Å². The van der Waals surface area contributed by atoms with Gasteiger partial charge in [-0.3, -0.25) is 0 Å². The SMILES string of the molecule is CCC(CCOSC)OSC. The molecule has 0 radical (unpaired) electrons. The van der Waals surface area contributed by atoms with E-state index in [1.54, 1.807) is 0 Å². The maximum Gasteiger partial charge on any atom is 0.0742 e. The summed E-state index contributed by atoms with van der Waals surface area (Å²) >= 11 is 2.84. The van der Waals surface area contributed by atoms with Crippen LogP contribution in [0.1, 0.15) is 19.8 Å². The van der Waals surface area contributed by atoms with Crippen LogP contribution in [0.5, 0.6) is 0 Å². The quantitative estimate of drug-likeness (QED) is 0.460. The van der Waals surface area contributed by atoms with Gasteiger partial charge in [-0.1, -0.05) is 6.92 Å². The summed E-state index contributed by atoms with van der Waals surface area (Å²) in [5.74, 6) is 0. The van der Waals surface area contributed by atoms with E-state index in [-0.39, 0.29) is 0 Å². The van der Waals surface area contributed by atoms with E-state index in [4.69, 9.17) is 8.37 Å². The average Bonchev–Trinajstić information content (AvgIpc) is 2.03. The van der Waals surface area contributed by atoms with Crippen LogP contribution in [0.4, 0.5) is 0 Å². The first-order chi connectivity index (χ1) is 5.35. The molecule has 2 nitrogen and oxygen atoms in total. The minimum Gasteiger partial charge on any atom is -0.315 e. The fourth-order valence-electron chi connectivity index (χ4n) is 0.719. The van der Waals surface area contributed by atoms with Gasteiger partial charge in [0.2, 0.25) is 0 Å². The highest BCUT2D eigenvalue weighted by Gasteiger charge is 2.05. The van der Waals surface area contributed by atoms with Crippen LogP contribution in [0, 0.1) is 0 Å². The summed E-state index contributed by atoms with van der Waals surface area (Å²) in [7, 11) is 0. The Balaban J connectivity index is 3.20. The average molecular weight is 196 g/mol. The van der Waals surface area contributed by atoms with E-state index < -0.39 is 0 Å². The lowest BCUT2D eigenvalue weighted by Gasteiger charge is -2.12. The van der Waals surface area contributed by atoms with Crippen molar-refractivity contribution in [3.8, 4) is 0 Å². The molecule has 0 heterocycles.